The lowest BCUT2D eigenvalue weighted by atomic mass is 10.3. The molecule has 1 N–H and O–H groups in total. The SMILES string of the molecule is O=C(Nc1ccccc1SC1CCCC1)c1ccoc1Cl. The van der Waals surface area contributed by atoms with Crippen molar-refractivity contribution in [1.29, 1.82) is 0 Å². The van der Waals surface area contributed by atoms with Crippen LogP contribution >= 0.6 is 23.4 Å². The number of anilines is 1. The fraction of sp³-hybridized carbons (Fsp3) is 0.312. The maximum Gasteiger partial charge on any atom is 0.260 e. The third-order valence-corrected chi connectivity index (χ3v) is 5.30. The minimum Gasteiger partial charge on any atom is -0.452 e. The van der Waals surface area contributed by atoms with Crippen molar-refractivity contribution in [2.45, 2.75) is 35.8 Å². The first-order valence-corrected chi connectivity index (χ1v) is 8.30. The van der Waals surface area contributed by atoms with Crippen LogP contribution in [0.25, 0.3) is 0 Å². The van der Waals surface area contributed by atoms with E-state index in [2.05, 4.69) is 11.4 Å². The van der Waals surface area contributed by atoms with Gasteiger partial charge in [0.1, 0.15) is 0 Å². The fourth-order valence-corrected chi connectivity index (χ4v) is 4.04. The Morgan fingerprint density at radius 2 is 2.00 bits per heavy atom. The van der Waals surface area contributed by atoms with E-state index in [0.717, 1.165) is 10.6 Å². The number of hydrogen-bond acceptors (Lipinski definition) is 3. The molecule has 0 atom stereocenters. The summed E-state index contributed by atoms with van der Waals surface area (Å²) in [5.74, 6) is -0.242. The summed E-state index contributed by atoms with van der Waals surface area (Å²) >= 11 is 7.70. The first-order chi connectivity index (χ1) is 10.2. The van der Waals surface area contributed by atoms with E-state index >= 15 is 0 Å². The molecule has 1 amide bonds. The summed E-state index contributed by atoms with van der Waals surface area (Å²) in [6.07, 6.45) is 6.52. The molecule has 0 unspecified atom stereocenters. The van der Waals surface area contributed by atoms with Crippen LogP contribution in [0.2, 0.25) is 5.22 Å². The Bertz CT molecular complexity index is 635. The van der Waals surface area contributed by atoms with Crippen molar-refractivity contribution >= 4 is 35.0 Å². The van der Waals surface area contributed by atoms with Crippen molar-refractivity contribution < 1.29 is 9.21 Å². The van der Waals surface area contributed by atoms with Crippen LogP contribution in [-0.4, -0.2) is 11.2 Å². The number of benzene rings is 1. The van der Waals surface area contributed by atoms with E-state index < -0.39 is 0 Å². The van der Waals surface area contributed by atoms with Crippen LogP contribution in [-0.2, 0) is 0 Å². The van der Waals surface area contributed by atoms with E-state index in [1.165, 1.54) is 31.9 Å². The molecule has 1 aliphatic carbocycles. The molecule has 1 fully saturated rings. The fourth-order valence-electron chi connectivity index (χ4n) is 2.50. The number of para-hydroxylation sites is 1. The largest absolute Gasteiger partial charge is 0.452 e. The van der Waals surface area contributed by atoms with E-state index in [4.69, 9.17) is 16.0 Å². The summed E-state index contributed by atoms with van der Waals surface area (Å²) in [7, 11) is 0. The van der Waals surface area contributed by atoms with Crippen LogP contribution in [0.1, 0.15) is 36.0 Å². The van der Waals surface area contributed by atoms with Crippen LogP contribution < -0.4 is 5.32 Å². The second-order valence-electron chi connectivity index (χ2n) is 5.08. The number of hydrogen-bond donors (Lipinski definition) is 1. The summed E-state index contributed by atoms with van der Waals surface area (Å²) in [5.41, 5.74) is 1.19. The van der Waals surface area contributed by atoms with E-state index in [1.54, 1.807) is 6.07 Å². The zero-order chi connectivity index (χ0) is 14.7. The van der Waals surface area contributed by atoms with Gasteiger partial charge in [0.15, 0.2) is 0 Å². The molecule has 1 aliphatic rings. The van der Waals surface area contributed by atoms with E-state index in [1.807, 2.05) is 30.0 Å². The van der Waals surface area contributed by atoms with E-state index in [-0.39, 0.29) is 11.1 Å². The van der Waals surface area contributed by atoms with Gasteiger partial charge in [-0.25, -0.2) is 0 Å². The van der Waals surface area contributed by atoms with Crippen LogP contribution in [0.5, 0.6) is 0 Å². The number of nitrogens with one attached hydrogen (secondary N) is 1. The lowest BCUT2D eigenvalue weighted by Crippen LogP contribution is -2.12. The predicted octanol–water partition coefficient (Wildman–Crippen LogP) is 5.22. The molecular formula is C16H16ClNO2S. The van der Waals surface area contributed by atoms with Gasteiger partial charge in [-0.15, -0.1) is 11.8 Å². The predicted molar refractivity (Wildman–Crippen MR) is 86.2 cm³/mol. The third kappa shape index (κ3) is 3.44. The first kappa shape index (κ1) is 14.5. The van der Waals surface area contributed by atoms with Gasteiger partial charge < -0.3 is 9.73 Å². The maximum absolute atomic E-state index is 12.2. The Kier molecular flexibility index (Phi) is 4.56. The van der Waals surface area contributed by atoms with Crippen LogP contribution in [0, 0.1) is 0 Å². The van der Waals surface area contributed by atoms with Crippen molar-refractivity contribution in [1.82, 2.24) is 0 Å². The molecule has 3 nitrogen and oxygen atoms in total. The molecule has 0 saturated heterocycles. The Balaban J connectivity index is 1.75. The number of carbonyl (C=O) groups excluding carboxylic acids is 1. The zero-order valence-corrected chi connectivity index (χ0v) is 13.0. The highest BCUT2D eigenvalue weighted by atomic mass is 35.5. The summed E-state index contributed by atoms with van der Waals surface area (Å²) in [6, 6.07) is 9.46. The molecule has 0 spiro atoms. The van der Waals surface area contributed by atoms with Gasteiger partial charge in [0.25, 0.3) is 5.91 Å². The highest BCUT2D eigenvalue weighted by Gasteiger charge is 2.19. The molecule has 3 rings (SSSR count). The van der Waals surface area contributed by atoms with Gasteiger partial charge in [0, 0.05) is 10.1 Å². The Morgan fingerprint density at radius 1 is 1.24 bits per heavy atom. The molecule has 21 heavy (non-hydrogen) atoms. The minimum absolute atomic E-state index is 0.119. The lowest BCUT2D eigenvalue weighted by Gasteiger charge is -2.13. The highest BCUT2D eigenvalue weighted by Crippen LogP contribution is 2.38. The number of amides is 1. The molecule has 1 aromatic heterocycles. The Morgan fingerprint density at radius 3 is 2.71 bits per heavy atom. The molecule has 0 aliphatic heterocycles. The number of furan rings is 1. The average Bonchev–Trinajstić information content (AvgIpc) is 3.12. The standard InChI is InChI=1S/C16H16ClNO2S/c17-15-12(9-10-20-15)16(19)18-13-7-3-4-8-14(13)21-11-5-1-2-6-11/h3-4,7-11H,1-2,5-6H2,(H,18,19). The van der Waals surface area contributed by atoms with Gasteiger partial charge in [-0.1, -0.05) is 25.0 Å². The van der Waals surface area contributed by atoms with Gasteiger partial charge >= 0.3 is 0 Å². The zero-order valence-electron chi connectivity index (χ0n) is 11.5. The van der Waals surface area contributed by atoms with Crippen molar-refractivity contribution in [3.8, 4) is 0 Å². The molecule has 0 bridgehead atoms. The van der Waals surface area contributed by atoms with Gasteiger partial charge in [-0.05, 0) is 42.6 Å². The quantitative estimate of drug-likeness (QED) is 0.839. The maximum atomic E-state index is 12.2. The third-order valence-electron chi connectivity index (χ3n) is 3.59. The molecule has 110 valence electrons. The van der Waals surface area contributed by atoms with Gasteiger partial charge in [-0.3, -0.25) is 4.79 Å². The second-order valence-corrected chi connectivity index (χ2v) is 6.77. The molecule has 1 heterocycles. The van der Waals surface area contributed by atoms with Gasteiger partial charge in [0.2, 0.25) is 5.22 Å². The molecule has 1 aromatic carbocycles. The average molecular weight is 322 g/mol. The normalized spacial score (nSPS) is 15.3. The van der Waals surface area contributed by atoms with Crippen molar-refractivity contribution in [3.63, 3.8) is 0 Å². The first-order valence-electron chi connectivity index (χ1n) is 7.04. The van der Waals surface area contributed by atoms with E-state index in [9.17, 15) is 4.79 Å². The van der Waals surface area contributed by atoms with Crippen molar-refractivity contribution in [2.75, 3.05) is 5.32 Å². The Labute approximate surface area is 133 Å². The van der Waals surface area contributed by atoms with E-state index in [0.29, 0.717) is 10.8 Å². The number of rotatable bonds is 4. The smallest absolute Gasteiger partial charge is 0.260 e. The summed E-state index contributed by atoms with van der Waals surface area (Å²) in [4.78, 5) is 13.3. The van der Waals surface area contributed by atoms with Crippen LogP contribution in [0.3, 0.4) is 0 Å². The van der Waals surface area contributed by atoms with Gasteiger partial charge in [-0.2, -0.15) is 0 Å². The highest BCUT2D eigenvalue weighted by molar-refractivity contribution is 8.00. The van der Waals surface area contributed by atoms with Gasteiger partial charge in [0.05, 0.1) is 17.5 Å². The summed E-state index contributed by atoms with van der Waals surface area (Å²) in [5, 5.41) is 3.70. The minimum atomic E-state index is -0.242. The van der Waals surface area contributed by atoms with Crippen LogP contribution in [0.15, 0.2) is 45.9 Å². The molecular weight excluding hydrogens is 306 g/mol. The summed E-state index contributed by atoms with van der Waals surface area (Å²) < 4.78 is 4.96. The molecule has 2 aromatic rings. The number of thioether (sulfide) groups is 1. The Hall–Kier alpha value is -1.39. The summed E-state index contributed by atoms with van der Waals surface area (Å²) in [6.45, 7) is 0. The molecule has 0 radical (unpaired) electrons. The number of halogens is 1. The van der Waals surface area contributed by atoms with Crippen molar-refractivity contribution in [2.24, 2.45) is 0 Å². The van der Waals surface area contributed by atoms with Crippen LogP contribution in [0.4, 0.5) is 5.69 Å². The monoisotopic (exact) mass is 321 g/mol. The lowest BCUT2D eigenvalue weighted by molar-refractivity contribution is 0.102. The second kappa shape index (κ2) is 6.58. The molecule has 1 saturated carbocycles. The topological polar surface area (TPSA) is 42.2 Å². The van der Waals surface area contributed by atoms with Crippen molar-refractivity contribution in [3.05, 3.63) is 47.4 Å². The number of carbonyl (C=O) groups is 1. The molecule has 5 heteroatoms.